The van der Waals surface area contributed by atoms with Crippen molar-refractivity contribution in [2.45, 2.75) is 25.7 Å². The van der Waals surface area contributed by atoms with Crippen LogP contribution in [0.5, 0.6) is 0 Å². The summed E-state index contributed by atoms with van der Waals surface area (Å²) in [4.78, 5) is 21.7. The van der Waals surface area contributed by atoms with Crippen LogP contribution in [0.2, 0.25) is 0 Å². The maximum atomic E-state index is 10.8. The third kappa shape index (κ3) is 2.58. The van der Waals surface area contributed by atoms with Gasteiger partial charge >= 0.3 is 11.9 Å². The van der Waals surface area contributed by atoms with E-state index in [4.69, 9.17) is 10.2 Å². The summed E-state index contributed by atoms with van der Waals surface area (Å²) >= 11 is 0. The first-order valence-electron chi connectivity index (χ1n) is 4.73. The van der Waals surface area contributed by atoms with Crippen molar-refractivity contribution in [2.24, 2.45) is 11.8 Å². The molecule has 0 aromatic rings. The molecule has 1 rings (SSSR count). The van der Waals surface area contributed by atoms with Crippen molar-refractivity contribution in [1.29, 1.82) is 0 Å². The first-order chi connectivity index (χ1) is 6.63. The lowest BCUT2D eigenvalue weighted by Gasteiger charge is -2.20. The minimum Gasteiger partial charge on any atom is -0.481 e. The average Bonchev–Trinajstić information content (AvgIpc) is 2.01. The Morgan fingerprint density at radius 3 is 2.29 bits per heavy atom. The molecule has 0 aromatic carbocycles. The smallest absolute Gasteiger partial charge is 0.307 e. The summed E-state index contributed by atoms with van der Waals surface area (Å²) in [5.41, 5.74) is 0. The van der Waals surface area contributed by atoms with E-state index in [1.54, 1.807) is 6.08 Å². The monoisotopic (exact) mass is 198 g/mol. The van der Waals surface area contributed by atoms with Gasteiger partial charge in [0.1, 0.15) is 0 Å². The molecule has 4 heteroatoms. The largest absolute Gasteiger partial charge is 0.481 e. The number of carbonyl (C=O) groups is 2. The normalized spacial score (nSPS) is 30.0. The molecule has 2 atom stereocenters. The summed E-state index contributed by atoms with van der Waals surface area (Å²) in [7, 11) is 0. The van der Waals surface area contributed by atoms with Crippen molar-refractivity contribution >= 4 is 11.9 Å². The molecule has 0 saturated heterocycles. The molecule has 0 amide bonds. The number of hydrogen-bond acceptors (Lipinski definition) is 2. The van der Waals surface area contributed by atoms with Gasteiger partial charge in [-0.05, 0) is 25.7 Å². The molecule has 0 saturated carbocycles. The fourth-order valence-corrected chi connectivity index (χ4v) is 1.75. The number of carboxylic acids is 2. The van der Waals surface area contributed by atoms with Crippen molar-refractivity contribution in [3.05, 3.63) is 12.2 Å². The second-order valence-electron chi connectivity index (χ2n) is 3.53. The molecule has 2 unspecified atom stereocenters. The minimum atomic E-state index is -1.01. The van der Waals surface area contributed by atoms with Gasteiger partial charge in [-0.1, -0.05) is 12.2 Å². The van der Waals surface area contributed by atoms with E-state index in [2.05, 4.69) is 0 Å². The first-order valence-corrected chi connectivity index (χ1v) is 4.73. The molecule has 0 spiro atoms. The lowest BCUT2D eigenvalue weighted by molar-refractivity contribution is -0.154. The fourth-order valence-electron chi connectivity index (χ4n) is 1.75. The van der Waals surface area contributed by atoms with Crippen molar-refractivity contribution in [2.75, 3.05) is 0 Å². The van der Waals surface area contributed by atoms with Gasteiger partial charge in [0.05, 0.1) is 11.8 Å². The van der Waals surface area contributed by atoms with Crippen LogP contribution in [-0.4, -0.2) is 22.2 Å². The predicted molar refractivity (Wildman–Crippen MR) is 49.9 cm³/mol. The van der Waals surface area contributed by atoms with Gasteiger partial charge in [-0.3, -0.25) is 9.59 Å². The lowest BCUT2D eigenvalue weighted by atomic mass is 9.84. The Bertz CT molecular complexity index is 257. The SMILES string of the molecule is O=C(O)C1C/C=C\CCCC1C(=O)O. The summed E-state index contributed by atoms with van der Waals surface area (Å²) < 4.78 is 0. The van der Waals surface area contributed by atoms with Crippen molar-refractivity contribution < 1.29 is 19.8 Å². The van der Waals surface area contributed by atoms with Gasteiger partial charge in [-0.25, -0.2) is 0 Å². The Kier molecular flexibility index (Phi) is 3.68. The highest BCUT2D eigenvalue weighted by molar-refractivity contribution is 5.80. The van der Waals surface area contributed by atoms with Crippen LogP contribution < -0.4 is 0 Å². The fraction of sp³-hybridized carbons (Fsp3) is 0.600. The van der Waals surface area contributed by atoms with Crippen molar-refractivity contribution in [1.82, 2.24) is 0 Å². The van der Waals surface area contributed by atoms with Gasteiger partial charge in [-0.2, -0.15) is 0 Å². The van der Waals surface area contributed by atoms with E-state index in [-0.39, 0.29) is 0 Å². The van der Waals surface area contributed by atoms with Gasteiger partial charge in [0.15, 0.2) is 0 Å². The van der Waals surface area contributed by atoms with Crippen LogP contribution in [-0.2, 0) is 9.59 Å². The highest BCUT2D eigenvalue weighted by Gasteiger charge is 2.32. The Labute approximate surface area is 82.2 Å². The number of hydrogen-bond donors (Lipinski definition) is 2. The zero-order chi connectivity index (χ0) is 10.6. The second-order valence-corrected chi connectivity index (χ2v) is 3.53. The van der Waals surface area contributed by atoms with E-state index in [1.807, 2.05) is 6.08 Å². The quantitative estimate of drug-likeness (QED) is 0.659. The Morgan fingerprint density at radius 2 is 1.71 bits per heavy atom. The highest BCUT2D eigenvalue weighted by atomic mass is 16.4. The maximum Gasteiger partial charge on any atom is 0.307 e. The third-order valence-corrected chi connectivity index (χ3v) is 2.56. The van der Waals surface area contributed by atoms with Crippen LogP contribution in [0.1, 0.15) is 25.7 Å². The summed E-state index contributed by atoms with van der Waals surface area (Å²) in [6.07, 6.45) is 6.07. The van der Waals surface area contributed by atoms with Crippen LogP contribution in [0.15, 0.2) is 12.2 Å². The number of allylic oxidation sites excluding steroid dienone is 2. The molecule has 0 heterocycles. The first kappa shape index (κ1) is 10.8. The molecule has 2 N–H and O–H groups in total. The van der Waals surface area contributed by atoms with Gasteiger partial charge in [0.2, 0.25) is 0 Å². The molecule has 14 heavy (non-hydrogen) atoms. The number of carboxylic acid groups (broad SMARTS) is 2. The molecule has 4 nitrogen and oxygen atoms in total. The Morgan fingerprint density at radius 1 is 1.07 bits per heavy atom. The van der Waals surface area contributed by atoms with Gasteiger partial charge in [0.25, 0.3) is 0 Å². The highest BCUT2D eigenvalue weighted by Crippen LogP contribution is 2.25. The second kappa shape index (κ2) is 4.79. The molecule has 1 aliphatic rings. The third-order valence-electron chi connectivity index (χ3n) is 2.56. The van der Waals surface area contributed by atoms with Gasteiger partial charge in [0, 0.05) is 0 Å². The van der Waals surface area contributed by atoms with Crippen LogP contribution in [0, 0.1) is 11.8 Å². The van der Waals surface area contributed by atoms with Crippen LogP contribution in [0.4, 0.5) is 0 Å². The molecule has 0 bridgehead atoms. The standard InChI is InChI=1S/C10H14O4/c11-9(12)7-5-3-1-2-4-6-8(7)10(13)14/h1,3,7-8H,2,4-6H2,(H,11,12)(H,13,14)/b3-1-. The number of rotatable bonds is 2. The predicted octanol–water partition coefficient (Wildman–Crippen LogP) is 1.52. The van der Waals surface area contributed by atoms with E-state index in [0.29, 0.717) is 12.8 Å². The van der Waals surface area contributed by atoms with Gasteiger partial charge < -0.3 is 10.2 Å². The zero-order valence-electron chi connectivity index (χ0n) is 7.85. The average molecular weight is 198 g/mol. The zero-order valence-corrected chi connectivity index (χ0v) is 7.85. The molecule has 0 fully saturated rings. The van der Waals surface area contributed by atoms with E-state index < -0.39 is 23.8 Å². The summed E-state index contributed by atoms with van der Waals surface area (Å²) in [5.74, 6) is -3.52. The van der Waals surface area contributed by atoms with Crippen LogP contribution in [0.3, 0.4) is 0 Å². The summed E-state index contributed by atoms with van der Waals surface area (Å²) in [6, 6.07) is 0. The van der Waals surface area contributed by atoms with E-state index in [0.717, 1.165) is 12.8 Å². The topological polar surface area (TPSA) is 74.6 Å². The molecule has 78 valence electrons. The van der Waals surface area contributed by atoms with Crippen molar-refractivity contribution in [3.63, 3.8) is 0 Å². The summed E-state index contributed by atoms with van der Waals surface area (Å²) in [6.45, 7) is 0. The number of aliphatic carboxylic acids is 2. The van der Waals surface area contributed by atoms with E-state index in [1.165, 1.54) is 0 Å². The molecular formula is C10H14O4. The Balaban J connectivity index is 2.79. The van der Waals surface area contributed by atoms with Crippen LogP contribution in [0.25, 0.3) is 0 Å². The van der Waals surface area contributed by atoms with E-state index >= 15 is 0 Å². The molecule has 1 aliphatic carbocycles. The lowest BCUT2D eigenvalue weighted by Crippen LogP contribution is -2.30. The Hall–Kier alpha value is -1.32. The van der Waals surface area contributed by atoms with Gasteiger partial charge in [-0.15, -0.1) is 0 Å². The molecular weight excluding hydrogens is 184 g/mol. The molecule has 0 radical (unpaired) electrons. The molecule has 0 aromatic heterocycles. The minimum absolute atomic E-state index is 0.326. The summed E-state index contributed by atoms with van der Waals surface area (Å²) in [5, 5.41) is 17.8. The van der Waals surface area contributed by atoms with Crippen molar-refractivity contribution in [3.8, 4) is 0 Å². The maximum absolute atomic E-state index is 10.8. The van der Waals surface area contributed by atoms with E-state index in [9.17, 15) is 9.59 Å². The van der Waals surface area contributed by atoms with Crippen LogP contribution >= 0.6 is 0 Å². The molecule has 0 aliphatic heterocycles.